The number of anilines is 1. The van der Waals surface area contributed by atoms with Gasteiger partial charge in [-0.05, 0) is 36.1 Å². The smallest absolute Gasteiger partial charge is 0.254 e. The number of para-hydroxylation sites is 2. The topological polar surface area (TPSA) is 62.3 Å². The number of amides is 2. The van der Waals surface area contributed by atoms with Gasteiger partial charge in [0, 0.05) is 23.8 Å². The van der Waals surface area contributed by atoms with Gasteiger partial charge < -0.3 is 10.2 Å². The fourth-order valence-corrected chi connectivity index (χ4v) is 3.30. The van der Waals surface area contributed by atoms with Crippen LogP contribution in [0.4, 0.5) is 5.69 Å². The van der Waals surface area contributed by atoms with E-state index in [4.69, 9.17) is 0 Å². The summed E-state index contributed by atoms with van der Waals surface area (Å²) in [5, 5.41) is 3.72. The second-order valence-electron chi connectivity index (χ2n) is 7.49. The monoisotopic (exact) mass is 389 g/mol. The SMILES string of the molecule is CCc1ccccc1NC(=O)CN(C)C(=O)c1cc(C(C)C)nc2ccccc12. The minimum Gasteiger partial charge on any atom is -0.332 e. The fourth-order valence-electron chi connectivity index (χ4n) is 3.30. The van der Waals surface area contributed by atoms with Crippen LogP contribution in [0.3, 0.4) is 0 Å². The van der Waals surface area contributed by atoms with E-state index in [1.165, 1.54) is 4.90 Å². The first kappa shape index (κ1) is 20.5. The van der Waals surface area contributed by atoms with E-state index >= 15 is 0 Å². The quantitative estimate of drug-likeness (QED) is 0.668. The molecule has 3 aromatic rings. The molecule has 1 heterocycles. The molecule has 0 bridgehead atoms. The third kappa shape index (κ3) is 4.62. The Morgan fingerprint density at radius 1 is 1.07 bits per heavy atom. The van der Waals surface area contributed by atoms with Gasteiger partial charge in [0.1, 0.15) is 0 Å². The van der Waals surface area contributed by atoms with E-state index in [1.54, 1.807) is 7.05 Å². The maximum Gasteiger partial charge on any atom is 0.254 e. The number of nitrogens with one attached hydrogen (secondary N) is 1. The summed E-state index contributed by atoms with van der Waals surface area (Å²) in [5.74, 6) is -0.209. The molecule has 5 heteroatoms. The number of likely N-dealkylation sites (N-methyl/N-ethyl adjacent to an activating group) is 1. The van der Waals surface area contributed by atoms with E-state index in [2.05, 4.69) is 10.3 Å². The maximum atomic E-state index is 13.2. The first-order chi connectivity index (χ1) is 13.9. The van der Waals surface area contributed by atoms with E-state index < -0.39 is 0 Å². The standard InChI is InChI=1S/C24H27N3O2/c1-5-17-10-6-8-12-20(17)26-23(28)15-27(4)24(29)19-14-22(16(2)3)25-21-13-9-7-11-18(19)21/h6-14,16H,5,15H2,1-4H3,(H,26,28). The predicted molar refractivity (Wildman–Crippen MR) is 117 cm³/mol. The average molecular weight is 389 g/mol. The van der Waals surface area contributed by atoms with Gasteiger partial charge in [-0.1, -0.05) is 57.2 Å². The van der Waals surface area contributed by atoms with Crippen LogP contribution in [0.5, 0.6) is 0 Å². The molecule has 0 fully saturated rings. The lowest BCUT2D eigenvalue weighted by molar-refractivity contribution is -0.116. The lowest BCUT2D eigenvalue weighted by atomic mass is 10.0. The molecule has 0 saturated heterocycles. The summed E-state index contributed by atoms with van der Waals surface area (Å²) in [4.78, 5) is 31.8. The van der Waals surface area contributed by atoms with Gasteiger partial charge in [-0.2, -0.15) is 0 Å². The largest absolute Gasteiger partial charge is 0.332 e. The molecule has 2 amide bonds. The van der Waals surface area contributed by atoms with Crippen LogP contribution >= 0.6 is 0 Å². The Kier molecular flexibility index (Phi) is 6.27. The Morgan fingerprint density at radius 2 is 1.76 bits per heavy atom. The van der Waals surface area contributed by atoms with E-state index in [0.717, 1.165) is 34.3 Å². The molecule has 5 nitrogen and oxygen atoms in total. The molecule has 0 aliphatic carbocycles. The van der Waals surface area contributed by atoms with Gasteiger partial charge >= 0.3 is 0 Å². The summed E-state index contributed by atoms with van der Waals surface area (Å²) in [6, 6.07) is 17.2. The van der Waals surface area contributed by atoms with Crippen LogP contribution in [0.25, 0.3) is 10.9 Å². The molecule has 0 unspecified atom stereocenters. The van der Waals surface area contributed by atoms with Crippen LogP contribution in [-0.2, 0) is 11.2 Å². The van der Waals surface area contributed by atoms with Gasteiger partial charge in [-0.25, -0.2) is 0 Å². The highest BCUT2D eigenvalue weighted by Gasteiger charge is 2.20. The molecule has 3 rings (SSSR count). The molecule has 150 valence electrons. The number of nitrogens with zero attached hydrogens (tertiary/aromatic N) is 2. The van der Waals surface area contributed by atoms with E-state index in [-0.39, 0.29) is 24.3 Å². The van der Waals surface area contributed by atoms with Gasteiger partial charge in [0.25, 0.3) is 5.91 Å². The van der Waals surface area contributed by atoms with Crippen molar-refractivity contribution in [1.29, 1.82) is 0 Å². The second kappa shape index (κ2) is 8.86. The Hall–Kier alpha value is -3.21. The van der Waals surface area contributed by atoms with Crippen LogP contribution in [0.1, 0.15) is 48.3 Å². The number of rotatable bonds is 6. The zero-order valence-electron chi connectivity index (χ0n) is 17.4. The molecular formula is C24H27N3O2. The van der Waals surface area contributed by atoms with Gasteiger partial charge in [-0.3, -0.25) is 14.6 Å². The maximum absolute atomic E-state index is 13.2. The molecule has 29 heavy (non-hydrogen) atoms. The van der Waals surface area contributed by atoms with Crippen molar-refractivity contribution >= 4 is 28.4 Å². The van der Waals surface area contributed by atoms with Gasteiger partial charge in [0.15, 0.2) is 0 Å². The van der Waals surface area contributed by atoms with Gasteiger partial charge in [-0.15, -0.1) is 0 Å². The second-order valence-corrected chi connectivity index (χ2v) is 7.49. The molecule has 0 atom stereocenters. The molecule has 0 saturated carbocycles. The number of carbonyl (C=O) groups excluding carboxylic acids is 2. The molecule has 1 N–H and O–H groups in total. The number of aromatic nitrogens is 1. The minimum absolute atomic E-state index is 0.0233. The Labute approximate surface area is 171 Å². The Morgan fingerprint density at radius 3 is 2.48 bits per heavy atom. The van der Waals surface area contributed by atoms with Crippen molar-refractivity contribution in [1.82, 2.24) is 9.88 Å². The number of hydrogen-bond acceptors (Lipinski definition) is 3. The summed E-state index contributed by atoms with van der Waals surface area (Å²) in [7, 11) is 1.65. The van der Waals surface area contributed by atoms with Crippen LogP contribution in [0.15, 0.2) is 54.6 Å². The molecule has 1 aromatic heterocycles. The predicted octanol–water partition coefficient (Wildman–Crippen LogP) is 4.63. The number of pyridine rings is 1. The lowest BCUT2D eigenvalue weighted by Gasteiger charge is -2.19. The minimum atomic E-state index is -0.218. The average Bonchev–Trinajstić information content (AvgIpc) is 2.72. The van der Waals surface area contributed by atoms with Crippen molar-refractivity contribution in [2.75, 3.05) is 18.9 Å². The number of aryl methyl sites for hydroxylation is 1. The first-order valence-electron chi connectivity index (χ1n) is 9.93. The summed E-state index contributed by atoms with van der Waals surface area (Å²) >= 11 is 0. The van der Waals surface area contributed by atoms with Crippen LogP contribution in [0, 0.1) is 0 Å². The summed E-state index contributed by atoms with van der Waals surface area (Å²) in [6.07, 6.45) is 0.826. The van der Waals surface area contributed by atoms with E-state index in [9.17, 15) is 9.59 Å². The molecule has 0 aliphatic heterocycles. The first-order valence-corrected chi connectivity index (χ1v) is 9.93. The van der Waals surface area contributed by atoms with Crippen molar-refractivity contribution in [2.24, 2.45) is 0 Å². The van der Waals surface area contributed by atoms with Crippen molar-refractivity contribution in [3.05, 3.63) is 71.4 Å². The molecule has 0 aliphatic rings. The summed E-state index contributed by atoms with van der Waals surface area (Å²) in [6.45, 7) is 6.12. The highest BCUT2D eigenvalue weighted by Crippen LogP contribution is 2.23. The highest BCUT2D eigenvalue weighted by atomic mass is 16.2. The van der Waals surface area contributed by atoms with Gasteiger partial charge in [0.05, 0.1) is 17.6 Å². The van der Waals surface area contributed by atoms with Crippen LogP contribution in [-0.4, -0.2) is 35.3 Å². The van der Waals surface area contributed by atoms with E-state index in [0.29, 0.717) is 5.56 Å². The number of benzene rings is 2. The van der Waals surface area contributed by atoms with Crippen molar-refractivity contribution in [3.63, 3.8) is 0 Å². The number of carbonyl (C=O) groups is 2. The molecule has 2 aromatic carbocycles. The Balaban J connectivity index is 1.82. The van der Waals surface area contributed by atoms with Crippen LogP contribution < -0.4 is 5.32 Å². The third-order valence-electron chi connectivity index (χ3n) is 4.96. The van der Waals surface area contributed by atoms with E-state index in [1.807, 2.05) is 75.4 Å². The lowest BCUT2D eigenvalue weighted by Crippen LogP contribution is -2.35. The summed E-state index contributed by atoms with van der Waals surface area (Å²) in [5.41, 5.74) is 4.08. The normalized spacial score (nSPS) is 10.9. The number of hydrogen-bond donors (Lipinski definition) is 1. The molecule has 0 spiro atoms. The van der Waals surface area contributed by atoms with Crippen molar-refractivity contribution in [2.45, 2.75) is 33.1 Å². The summed E-state index contributed by atoms with van der Waals surface area (Å²) < 4.78 is 0. The van der Waals surface area contributed by atoms with Crippen molar-refractivity contribution in [3.8, 4) is 0 Å². The number of fused-ring (bicyclic) bond motifs is 1. The van der Waals surface area contributed by atoms with Gasteiger partial charge in [0.2, 0.25) is 5.91 Å². The molecule has 0 radical (unpaired) electrons. The fraction of sp³-hybridized carbons (Fsp3) is 0.292. The van der Waals surface area contributed by atoms with Crippen LogP contribution in [0.2, 0.25) is 0 Å². The zero-order chi connectivity index (χ0) is 21.0. The third-order valence-corrected chi connectivity index (χ3v) is 4.96. The molecular weight excluding hydrogens is 362 g/mol. The highest BCUT2D eigenvalue weighted by molar-refractivity contribution is 6.07. The van der Waals surface area contributed by atoms with Crippen molar-refractivity contribution < 1.29 is 9.59 Å². The zero-order valence-corrected chi connectivity index (χ0v) is 17.4. The Bertz CT molecular complexity index is 1040.